The summed E-state index contributed by atoms with van der Waals surface area (Å²) in [6, 6.07) is 9.87. The zero-order valence-electron chi connectivity index (χ0n) is 14.2. The summed E-state index contributed by atoms with van der Waals surface area (Å²) in [5.74, 6) is -0.657. The first kappa shape index (κ1) is 19.4. The van der Waals surface area contributed by atoms with E-state index in [2.05, 4.69) is 10.1 Å². The molecule has 7 heteroatoms. The molecule has 2 aromatic rings. The standard InChI is InChI=1S/C19H18F3NO3/c1-12(14-5-7-15(20)8-6-14)23-18(24)10-4-13-3-9-16(26-19(21)22)17(11-13)25-2/h3-12,19H,1-2H3,(H,23,24)/b10-4+. The van der Waals surface area contributed by atoms with E-state index >= 15 is 0 Å². The lowest BCUT2D eigenvalue weighted by Crippen LogP contribution is -2.24. The molecule has 0 fully saturated rings. The number of carbonyl (C=O) groups is 1. The van der Waals surface area contributed by atoms with Crippen LogP contribution in [-0.2, 0) is 4.79 Å². The molecule has 0 heterocycles. The Morgan fingerprint density at radius 2 is 1.81 bits per heavy atom. The molecule has 0 saturated heterocycles. The molecular formula is C19H18F3NO3. The zero-order chi connectivity index (χ0) is 19.1. The normalized spacial score (nSPS) is 12.2. The van der Waals surface area contributed by atoms with Gasteiger partial charge in [0.2, 0.25) is 5.91 Å². The van der Waals surface area contributed by atoms with Crippen LogP contribution in [0.2, 0.25) is 0 Å². The highest BCUT2D eigenvalue weighted by atomic mass is 19.3. The summed E-state index contributed by atoms with van der Waals surface area (Å²) in [5.41, 5.74) is 1.34. The first-order valence-electron chi connectivity index (χ1n) is 7.76. The van der Waals surface area contributed by atoms with E-state index in [-0.39, 0.29) is 29.3 Å². The highest BCUT2D eigenvalue weighted by Crippen LogP contribution is 2.29. The molecule has 0 saturated carbocycles. The van der Waals surface area contributed by atoms with Crippen molar-refractivity contribution in [2.45, 2.75) is 19.6 Å². The van der Waals surface area contributed by atoms with Crippen molar-refractivity contribution in [3.8, 4) is 11.5 Å². The Morgan fingerprint density at radius 1 is 1.12 bits per heavy atom. The van der Waals surface area contributed by atoms with Crippen LogP contribution in [0, 0.1) is 5.82 Å². The fraction of sp³-hybridized carbons (Fsp3) is 0.211. The predicted molar refractivity (Wildman–Crippen MR) is 91.6 cm³/mol. The number of benzene rings is 2. The Kier molecular flexibility index (Phi) is 6.66. The molecule has 2 aromatic carbocycles. The SMILES string of the molecule is COc1cc(/C=C/C(=O)NC(C)c2ccc(F)cc2)ccc1OC(F)F. The zero-order valence-corrected chi connectivity index (χ0v) is 14.2. The van der Waals surface area contributed by atoms with Crippen LogP contribution in [0.1, 0.15) is 24.1 Å². The van der Waals surface area contributed by atoms with Crippen molar-refractivity contribution in [1.82, 2.24) is 5.32 Å². The average molecular weight is 365 g/mol. The van der Waals surface area contributed by atoms with Crippen LogP contribution in [-0.4, -0.2) is 19.6 Å². The number of rotatable bonds is 7. The van der Waals surface area contributed by atoms with Gasteiger partial charge >= 0.3 is 6.61 Å². The quantitative estimate of drug-likeness (QED) is 0.743. The van der Waals surface area contributed by atoms with Crippen LogP contribution < -0.4 is 14.8 Å². The van der Waals surface area contributed by atoms with Crippen molar-refractivity contribution >= 4 is 12.0 Å². The molecule has 0 aliphatic rings. The monoisotopic (exact) mass is 365 g/mol. The Morgan fingerprint density at radius 3 is 2.42 bits per heavy atom. The summed E-state index contributed by atoms with van der Waals surface area (Å²) in [4.78, 5) is 12.0. The molecule has 2 rings (SSSR count). The second-order valence-corrected chi connectivity index (χ2v) is 5.40. The van der Waals surface area contributed by atoms with E-state index in [1.165, 1.54) is 49.6 Å². The Labute approximate surface area is 149 Å². The summed E-state index contributed by atoms with van der Waals surface area (Å²) in [6.07, 6.45) is 2.82. The fourth-order valence-corrected chi connectivity index (χ4v) is 2.25. The number of hydrogen-bond donors (Lipinski definition) is 1. The van der Waals surface area contributed by atoms with Crippen LogP contribution in [0.5, 0.6) is 11.5 Å². The van der Waals surface area contributed by atoms with Crippen molar-refractivity contribution in [2.75, 3.05) is 7.11 Å². The van der Waals surface area contributed by atoms with Gasteiger partial charge in [-0.2, -0.15) is 8.78 Å². The van der Waals surface area contributed by atoms with E-state index in [4.69, 9.17) is 4.74 Å². The maximum Gasteiger partial charge on any atom is 0.387 e. The third-order valence-corrected chi connectivity index (χ3v) is 3.56. The summed E-state index contributed by atoms with van der Waals surface area (Å²) < 4.78 is 46.9. The number of ether oxygens (including phenoxy) is 2. The van der Waals surface area contributed by atoms with Crippen molar-refractivity contribution in [2.24, 2.45) is 0 Å². The molecule has 0 radical (unpaired) electrons. The highest BCUT2D eigenvalue weighted by molar-refractivity contribution is 5.92. The molecule has 0 aliphatic heterocycles. The molecule has 1 atom stereocenters. The fourth-order valence-electron chi connectivity index (χ4n) is 2.25. The summed E-state index contributed by atoms with van der Waals surface area (Å²) >= 11 is 0. The second kappa shape index (κ2) is 8.94. The first-order chi connectivity index (χ1) is 12.4. The van der Waals surface area contributed by atoms with Crippen LogP contribution in [0.3, 0.4) is 0 Å². The average Bonchev–Trinajstić information content (AvgIpc) is 2.60. The number of amides is 1. The van der Waals surface area contributed by atoms with Gasteiger partial charge in [-0.15, -0.1) is 0 Å². The van der Waals surface area contributed by atoms with Crippen molar-refractivity contribution < 1.29 is 27.4 Å². The topological polar surface area (TPSA) is 47.6 Å². The Balaban J connectivity index is 2.01. The van der Waals surface area contributed by atoms with Crippen LogP contribution in [0.4, 0.5) is 13.2 Å². The molecule has 0 aliphatic carbocycles. The molecule has 1 amide bonds. The predicted octanol–water partition coefficient (Wildman–Crippen LogP) is 4.33. The minimum Gasteiger partial charge on any atom is -0.493 e. The molecule has 1 unspecified atom stereocenters. The molecule has 1 N–H and O–H groups in total. The minimum absolute atomic E-state index is 0.0889. The van der Waals surface area contributed by atoms with Crippen molar-refractivity contribution in [3.63, 3.8) is 0 Å². The van der Waals surface area contributed by atoms with Crippen molar-refractivity contribution in [3.05, 3.63) is 65.5 Å². The molecule has 0 spiro atoms. The smallest absolute Gasteiger partial charge is 0.387 e. The van der Waals surface area contributed by atoms with Gasteiger partial charge in [-0.05, 0) is 48.4 Å². The lowest BCUT2D eigenvalue weighted by molar-refractivity contribution is -0.117. The third-order valence-electron chi connectivity index (χ3n) is 3.56. The number of halogens is 3. The van der Waals surface area contributed by atoms with Gasteiger partial charge in [-0.1, -0.05) is 18.2 Å². The summed E-state index contributed by atoms with van der Waals surface area (Å²) in [6.45, 7) is -1.18. The maximum atomic E-state index is 12.9. The van der Waals surface area contributed by atoms with Crippen LogP contribution in [0.25, 0.3) is 6.08 Å². The lowest BCUT2D eigenvalue weighted by atomic mass is 10.1. The maximum absolute atomic E-state index is 12.9. The van der Waals surface area contributed by atoms with E-state index in [1.807, 2.05) is 0 Å². The number of methoxy groups -OCH3 is 1. The first-order valence-corrected chi connectivity index (χ1v) is 7.76. The molecule has 138 valence electrons. The second-order valence-electron chi connectivity index (χ2n) is 5.40. The van der Waals surface area contributed by atoms with E-state index in [9.17, 15) is 18.0 Å². The van der Waals surface area contributed by atoms with Gasteiger partial charge in [-0.3, -0.25) is 4.79 Å². The molecule has 4 nitrogen and oxygen atoms in total. The van der Waals surface area contributed by atoms with Crippen LogP contribution in [0.15, 0.2) is 48.5 Å². The molecule has 0 aromatic heterocycles. The molecule has 26 heavy (non-hydrogen) atoms. The highest BCUT2D eigenvalue weighted by Gasteiger charge is 2.11. The largest absolute Gasteiger partial charge is 0.493 e. The van der Waals surface area contributed by atoms with Gasteiger partial charge < -0.3 is 14.8 Å². The van der Waals surface area contributed by atoms with Gasteiger partial charge in [0, 0.05) is 6.08 Å². The van der Waals surface area contributed by atoms with Gasteiger partial charge in [0.05, 0.1) is 13.2 Å². The van der Waals surface area contributed by atoms with Crippen molar-refractivity contribution in [1.29, 1.82) is 0 Å². The van der Waals surface area contributed by atoms with E-state index in [0.29, 0.717) is 5.56 Å². The van der Waals surface area contributed by atoms with Crippen LogP contribution >= 0.6 is 0 Å². The number of hydrogen-bond acceptors (Lipinski definition) is 3. The van der Waals surface area contributed by atoms with Gasteiger partial charge in [0.15, 0.2) is 11.5 Å². The number of nitrogens with one attached hydrogen (secondary N) is 1. The summed E-state index contributed by atoms with van der Waals surface area (Å²) in [5, 5.41) is 2.75. The van der Waals surface area contributed by atoms with Gasteiger partial charge in [0.1, 0.15) is 5.82 Å². The molecule has 0 bridgehead atoms. The van der Waals surface area contributed by atoms with E-state index < -0.39 is 6.61 Å². The minimum atomic E-state index is -2.95. The summed E-state index contributed by atoms with van der Waals surface area (Å²) in [7, 11) is 1.33. The number of carbonyl (C=O) groups excluding carboxylic acids is 1. The van der Waals surface area contributed by atoms with Gasteiger partial charge in [0.25, 0.3) is 0 Å². The molecular weight excluding hydrogens is 347 g/mol. The third kappa shape index (κ3) is 5.54. The Bertz CT molecular complexity index is 776. The lowest BCUT2D eigenvalue weighted by Gasteiger charge is -2.13. The van der Waals surface area contributed by atoms with Gasteiger partial charge in [-0.25, -0.2) is 4.39 Å². The number of alkyl halides is 2. The Hall–Kier alpha value is -2.96. The van der Waals surface area contributed by atoms with E-state index in [0.717, 1.165) is 5.56 Å². The van der Waals surface area contributed by atoms with E-state index in [1.54, 1.807) is 19.1 Å².